The van der Waals surface area contributed by atoms with Gasteiger partial charge in [0.15, 0.2) is 0 Å². The molecule has 18 heavy (non-hydrogen) atoms. The van der Waals surface area contributed by atoms with Crippen LogP contribution >= 0.6 is 0 Å². The highest BCUT2D eigenvalue weighted by Crippen LogP contribution is 2.27. The highest BCUT2D eigenvalue weighted by molar-refractivity contribution is 5.76. The van der Waals surface area contributed by atoms with Crippen molar-refractivity contribution in [3.8, 4) is 11.1 Å². The summed E-state index contributed by atoms with van der Waals surface area (Å²) in [5.41, 5.74) is 13.6. The molecular weight excluding hydrogens is 231 g/mol. The van der Waals surface area contributed by atoms with Gasteiger partial charge in [0.05, 0.1) is 0 Å². The highest BCUT2D eigenvalue weighted by Gasteiger charge is 2.06. The van der Waals surface area contributed by atoms with Crippen LogP contribution in [0.1, 0.15) is 5.56 Å². The summed E-state index contributed by atoms with van der Waals surface area (Å²) in [6.07, 6.45) is 1.08. The third kappa shape index (κ3) is 2.27. The van der Waals surface area contributed by atoms with E-state index in [1.807, 2.05) is 0 Å². The fourth-order valence-corrected chi connectivity index (χ4v) is 1.69. The summed E-state index contributed by atoms with van der Waals surface area (Å²) in [6.45, 7) is 0. The van der Waals surface area contributed by atoms with Gasteiger partial charge in [-0.05, 0) is 35.4 Å². The zero-order valence-electron chi connectivity index (χ0n) is 9.60. The molecule has 5 N–H and O–H groups in total. The first-order valence-electron chi connectivity index (χ1n) is 5.38. The molecule has 92 valence electrons. The average Bonchev–Trinajstić information content (AvgIpc) is 2.39. The molecule has 0 atom stereocenters. The van der Waals surface area contributed by atoms with Gasteiger partial charge in [-0.3, -0.25) is 0 Å². The van der Waals surface area contributed by atoms with Crippen LogP contribution < -0.4 is 11.5 Å². The van der Waals surface area contributed by atoms with E-state index in [4.69, 9.17) is 11.5 Å². The van der Waals surface area contributed by atoms with Gasteiger partial charge < -0.3 is 16.6 Å². The minimum atomic E-state index is -0.292. The smallest absolute Gasteiger partial charge is 0.140 e. The topological polar surface area (TPSA) is 72.3 Å². The van der Waals surface area contributed by atoms with Gasteiger partial charge in [0.2, 0.25) is 0 Å². The van der Waals surface area contributed by atoms with E-state index in [1.54, 1.807) is 30.3 Å². The van der Waals surface area contributed by atoms with Crippen LogP contribution in [0.25, 0.3) is 16.9 Å². The molecular formula is C14H13FN2O. The van der Waals surface area contributed by atoms with Gasteiger partial charge in [-0.1, -0.05) is 18.2 Å². The molecule has 4 heteroatoms. The van der Waals surface area contributed by atoms with Crippen molar-refractivity contribution in [1.29, 1.82) is 0 Å². The Labute approximate surface area is 104 Å². The Morgan fingerprint density at radius 1 is 1.06 bits per heavy atom. The van der Waals surface area contributed by atoms with E-state index in [-0.39, 0.29) is 11.6 Å². The number of benzene rings is 2. The van der Waals surface area contributed by atoms with Crippen LogP contribution in [-0.4, -0.2) is 5.11 Å². The van der Waals surface area contributed by atoms with E-state index in [2.05, 4.69) is 0 Å². The third-order valence-electron chi connectivity index (χ3n) is 2.66. The van der Waals surface area contributed by atoms with Crippen molar-refractivity contribution in [2.75, 3.05) is 5.73 Å². The number of nitrogen functional groups attached to an aromatic ring is 1. The second kappa shape index (κ2) is 4.79. The Balaban J connectivity index is 2.50. The van der Waals surface area contributed by atoms with Crippen molar-refractivity contribution in [3.05, 3.63) is 60.0 Å². The first kappa shape index (κ1) is 12.0. The van der Waals surface area contributed by atoms with Gasteiger partial charge in [-0.2, -0.15) is 0 Å². The summed E-state index contributed by atoms with van der Waals surface area (Å²) >= 11 is 0. The maximum atomic E-state index is 12.8. The zero-order valence-corrected chi connectivity index (χ0v) is 9.60. The second-order valence-corrected chi connectivity index (χ2v) is 3.86. The summed E-state index contributed by atoms with van der Waals surface area (Å²) in [7, 11) is 0. The Morgan fingerprint density at radius 2 is 1.67 bits per heavy atom. The SMILES string of the molecule is N/C=C(/O)c1cc(-c2ccc(F)cc2)ccc1N. The van der Waals surface area contributed by atoms with Gasteiger partial charge >= 0.3 is 0 Å². The normalized spacial score (nSPS) is 11.5. The molecule has 0 heterocycles. The molecule has 2 aromatic carbocycles. The standard InChI is InChI=1S/C14H13FN2O/c15-11-4-1-9(2-5-11)10-3-6-13(17)12(7-10)14(18)8-16/h1-8,18H,16-17H2/b14-8+. The zero-order chi connectivity index (χ0) is 13.1. The number of aliphatic hydroxyl groups is 1. The summed E-state index contributed by atoms with van der Waals surface area (Å²) in [6, 6.07) is 11.3. The molecule has 0 radical (unpaired) electrons. The van der Waals surface area contributed by atoms with Gasteiger partial charge in [-0.15, -0.1) is 0 Å². The molecule has 2 aromatic rings. The maximum absolute atomic E-state index is 12.8. The molecule has 0 bridgehead atoms. The van der Waals surface area contributed by atoms with Gasteiger partial charge in [-0.25, -0.2) is 4.39 Å². The molecule has 0 aromatic heterocycles. The molecule has 0 amide bonds. The summed E-state index contributed by atoms with van der Waals surface area (Å²) in [4.78, 5) is 0. The lowest BCUT2D eigenvalue weighted by Crippen LogP contribution is -1.96. The molecule has 0 fully saturated rings. The minimum absolute atomic E-state index is 0.0866. The predicted molar refractivity (Wildman–Crippen MR) is 71.0 cm³/mol. The first-order valence-corrected chi connectivity index (χ1v) is 5.38. The van der Waals surface area contributed by atoms with E-state index in [9.17, 15) is 9.50 Å². The monoisotopic (exact) mass is 244 g/mol. The number of hydrogen-bond donors (Lipinski definition) is 3. The number of halogens is 1. The Bertz CT molecular complexity index is 591. The molecule has 0 saturated heterocycles. The average molecular weight is 244 g/mol. The Morgan fingerprint density at radius 3 is 2.28 bits per heavy atom. The number of aliphatic hydroxyl groups excluding tert-OH is 1. The summed E-state index contributed by atoms with van der Waals surface area (Å²) in [5, 5.41) is 9.62. The Kier molecular flexibility index (Phi) is 3.19. The van der Waals surface area contributed by atoms with Crippen molar-refractivity contribution >= 4 is 11.4 Å². The quantitative estimate of drug-likeness (QED) is 0.561. The molecule has 0 saturated carbocycles. The van der Waals surface area contributed by atoms with Gasteiger partial charge in [0.1, 0.15) is 11.6 Å². The number of nitrogens with two attached hydrogens (primary N) is 2. The van der Waals surface area contributed by atoms with Crippen molar-refractivity contribution in [2.24, 2.45) is 5.73 Å². The van der Waals surface area contributed by atoms with Crippen LogP contribution in [0.5, 0.6) is 0 Å². The van der Waals surface area contributed by atoms with Gasteiger partial charge in [0, 0.05) is 17.5 Å². The first-order chi connectivity index (χ1) is 8.61. The minimum Gasteiger partial charge on any atom is -0.506 e. The van der Waals surface area contributed by atoms with Crippen LogP contribution in [0, 0.1) is 5.82 Å². The van der Waals surface area contributed by atoms with Crippen LogP contribution in [0.2, 0.25) is 0 Å². The Hall–Kier alpha value is -2.49. The lowest BCUT2D eigenvalue weighted by Gasteiger charge is -2.08. The van der Waals surface area contributed by atoms with Gasteiger partial charge in [0.25, 0.3) is 0 Å². The summed E-state index contributed by atoms with van der Waals surface area (Å²) in [5.74, 6) is -0.379. The van der Waals surface area contributed by atoms with Crippen molar-refractivity contribution < 1.29 is 9.50 Å². The van der Waals surface area contributed by atoms with Crippen molar-refractivity contribution in [1.82, 2.24) is 0 Å². The maximum Gasteiger partial charge on any atom is 0.140 e. The largest absolute Gasteiger partial charge is 0.506 e. The highest BCUT2D eigenvalue weighted by atomic mass is 19.1. The van der Waals surface area contributed by atoms with E-state index >= 15 is 0 Å². The predicted octanol–water partition coefficient (Wildman–Crippen LogP) is 2.89. The summed E-state index contributed by atoms with van der Waals surface area (Å²) < 4.78 is 12.8. The van der Waals surface area contributed by atoms with Crippen molar-refractivity contribution in [3.63, 3.8) is 0 Å². The van der Waals surface area contributed by atoms with Crippen LogP contribution in [0.3, 0.4) is 0 Å². The van der Waals surface area contributed by atoms with E-state index in [0.29, 0.717) is 11.3 Å². The van der Waals surface area contributed by atoms with E-state index < -0.39 is 0 Å². The number of rotatable bonds is 2. The molecule has 0 spiro atoms. The third-order valence-corrected chi connectivity index (χ3v) is 2.66. The second-order valence-electron chi connectivity index (χ2n) is 3.86. The molecule has 0 aliphatic rings. The van der Waals surface area contributed by atoms with Crippen molar-refractivity contribution in [2.45, 2.75) is 0 Å². The van der Waals surface area contributed by atoms with E-state index in [1.165, 1.54) is 12.1 Å². The molecule has 0 aliphatic heterocycles. The van der Waals surface area contributed by atoms with Crippen LogP contribution in [0.4, 0.5) is 10.1 Å². The lowest BCUT2D eigenvalue weighted by molar-refractivity contribution is 0.511. The van der Waals surface area contributed by atoms with Crippen LogP contribution in [-0.2, 0) is 0 Å². The fourth-order valence-electron chi connectivity index (χ4n) is 1.69. The molecule has 0 aliphatic carbocycles. The lowest BCUT2D eigenvalue weighted by atomic mass is 10.0. The molecule has 2 rings (SSSR count). The number of anilines is 1. The fraction of sp³-hybridized carbons (Fsp3) is 0. The van der Waals surface area contributed by atoms with E-state index in [0.717, 1.165) is 17.3 Å². The molecule has 0 unspecified atom stereocenters. The molecule has 3 nitrogen and oxygen atoms in total. The number of hydrogen-bond acceptors (Lipinski definition) is 3. The van der Waals surface area contributed by atoms with Crippen LogP contribution in [0.15, 0.2) is 48.7 Å².